The van der Waals surface area contributed by atoms with E-state index in [1.807, 2.05) is 24.3 Å². The van der Waals surface area contributed by atoms with Crippen LogP contribution in [0.25, 0.3) is 0 Å². The fourth-order valence-corrected chi connectivity index (χ4v) is 2.34. The number of halogens is 1. The van der Waals surface area contributed by atoms with E-state index in [9.17, 15) is 0 Å². The average Bonchev–Trinajstić information content (AvgIpc) is 2.40. The van der Waals surface area contributed by atoms with Crippen molar-refractivity contribution in [1.29, 1.82) is 10.5 Å². The second-order valence-electron chi connectivity index (χ2n) is 4.24. The van der Waals surface area contributed by atoms with Crippen molar-refractivity contribution in [3.63, 3.8) is 0 Å². The van der Waals surface area contributed by atoms with Gasteiger partial charge in [-0.05, 0) is 25.0 Å². The van der Waals surface area contributed by atoms with Crippen molar-refractivity contribution < 1.29 is 0 Å². The number of anilines is 1. The van der Waals surface area contributed by atoms with Crippen LogP contribution in [0.3, 0.4) is 0 Å². The number of rotatable bonds is 1. The first-order valence-electron chi connectivity index (χ1n) is 5.53. The molecule has 1 aromatic carbocycles. The van der Waals surface area contributed by atoms with E-state index in [0.29, 0.717) is 31.0 Å². The Morgan fingerprint density at radius 2 is 1.71 bits per heavy atom. The topological polar surface area (TPSA) is 50.8 Å². The van der Waals surface area contributed by atoms with E-state index < -0.39 is 5.41 Å². The van der Waals surface area contributed by atoms with E-state index in [0.717, 1.165) is 5.69 Å². The molecule has 1 saturated heterocycles. The first-order chi connectivity index (χ1) is 8.21. The van der Waals surface area contributed by atoms with Gasteiger partial charge in [0.1, 0.15) is 5.41 Å². The minimum Gasteiger partial charge on any atom is -0.370 e. The lowest BCUT2D eigenvalue weighted by atomic mass is 9.81. The number of para-hydroxylation sites is 1. The number of hydrogen-bond donors (Lipinski definition) is 0. The molecule has 1 aliphatic rings. The monoisotopic (exact) mass is 245 g/mol. The highest BCUT2D eigenvalue weighted by atomic mass is 35.5. The molecule has 0 atom stereocenters. The molecule has 17 heavy (non-hydrogen) atoms. The Morgan fingerprint density at radius 3 is 2.24 bits per heavy atom. The zero-order chi connectivity index (χ0) is 12.3. The summed E-state index contributed by atoms with van der Waals surface area (Å²) >= 11 is 6.12. The van der Waals surface area contributed by atoms with Crippen molar-refractivity contribution in [2.75, 3.05) is 18.0 Å². The zero-order valence-electron chi connectivity index (χ0n) is 9.36. The van der Waals surface area contributed by atoms with Gasteiger partial charge < -0.3 is 4.90 Å². The third-order valence-corrected chi connectivity index (χ3v) is 3.56. The quantitative estimate of drug-likeness (QED) is 0.764. The van der Waals surface area contributed by atoms with E-state index in [2.05, 4.69) is 17.0 Å². The highest BCUT2D eigenvalue weighted by Crippen LogP contribution is 2.34. The van der Waals surface area contributed by atoms with Crippen molar-refractivity contribution in [3.8, 4) is 12.1 Å². The Kier molecular flexibility index (Phi) is 3.22. The lowest BCUT2D eigenvalue weighted by molar-refractivity contribution is 0.393. The second-order valence-corrected chi connectivity index (χ2v) is 4.65. The summed E-state index contributed by atoms with van der Waals surface area (Å²) in [4.78, 5) is 2.13. The van der Waals surface area contributed by atoms with Crippen molar-refractivity contribution in [3.05, 3.63) is 29.3 Å². The molecule has 1 aliphatic heterocycles. The molecule has 0 radical (unpaired) electrons. The van der Waals surface area contributed by atoms with Crippen molar-refractivity contribution in [2.24, 2.45) is 5.41 Å². The third-order valence-electron chi connectivity index (χ3n) is 3.24. The zero-order valence-corrected chi connectivity index (χ0v) is 10.1. The summed E-state index contributed by atoms with van der Waals surface area (Å²) in [6, 6.07) is 11.9. The van der Waals surface area contributed by atoms with Crippen LogP contribution in [0.15, 0.2) is 24.3 Å². The number of benzene rings is 1. The van der Waals surface area contributed by atoms with Crippen LogP contribution < -0.4 is 4.90 Å². The number of piperidine rings is 1. The summed E-state index contributed by atoms with van der Waals surface area (Å²) in [7, 11) is 0. The summed E-state index contributed by atoms with van der Waals surface area (Å²) in [6.45, 7) is 1.40. The molecule has 0 unspecified atom stereocenters. The largest absolute Gasteiger partial charge is 0.370 e. The summed E-state index contributed by atoms with van der Waals surface area (Å²) in [5.74, 6) is 0. The Balaban J connectivity index is 2.14. The van der Waals surface area contributed by atoms with Gasteiger partial charge in [-0.15, -0.1) is 0 Å². The molecule has 0 bridgehead atoms. The second kappa shape index (κ2) is 4.65. The molecule has 0 saturated carbocycles. The highest BCUT2D eigenvalue weighted by Gasteiger charge is 2.35. The molecule has 0 spiro atoms. The Morgan fingerprint density at radius 1 is 1.12 bits per heavy atom. The fourth-order valence-electron chi connectivity index (χ4n) is 2.09. The van der Waals surface area contributed by atoms with E-state index in [1.54, 1.807) is 0 Å². The fraction of sp³-hybridized carbons (Fsp3) is 0.385. The van der Waals surface area contributed by atoms with Crippen LogP contribution in [0.4, 0.5) is 5.69 Å². The molecule has 1 heterocycles. The van der Waals surface area contributed by atoms with E-state index in [-0.39, 0.29) is 0 Å². The standard InChI is InChI=1S/C13H12ClN3/c14-11-3-1-2-4-12(11)17-7-5-13(9-15,10-16)6-8-17/h1-4H,5-8H2. The van der Waals surface area contributed by atoms with E-state index in [1.165, 1.54) is 0 Å². The first-order valence-corrected chi connectivity index (χ1v) is 5.90. The lowest BCUT2D eigenvalue weighted by Gasteiger charge is -2.35. The van der Waals surface area contributed by atoms with Gasteiger partial charge in [0.25, 0.3) is 0 Å². The molecule has 1 fully saturated rings. The predicted molar refractivity (Wildman–Crippen MR) is 66.6 cm³/mol. The summed E-state index contributed by atoms with van der Waals surface area (Å²) in [5.41, 5.74) is 0.177. The molecule has 86 valence electrons. The molecular formula is C13H12ClN3. The summed E-state index contributed by atoms with van der Waals surface area (Å²) in [5, 5.41) is 18.8. The molecular weight excluding hydrogens is 234 g/mol. The average molecular weight is 246 g/mol. The van der Waals surface area contributed by atoms with Crippen molar-refractivity contribution in [1.82, 2.24) is 0 Å². The molecule has 0 amide bonds. The molecule has 3 nitrogen and oxygen atoms in total. The predicted octanol–water partition coefficient (Wildman–Crippen LogP) is 2.97. The van der Waals surface area contributed by atoms with Gasteiger partial charge in [0, 0.05) is 13.1 Å². The third kappa shape index (κ3) is 2.20. The van der Waals surface area contributed by atoms with Crippen LogP contribution in [-0.4, -0.2) is 13.1 Å². The maximum absolute atomic E-state index is 9.04. The van der Waals surface area contributed by atoms with Gasteiger partial charge in [-0.25, -0.2) is 0 Å². The van der Waals surface area contributed by atoms with Crippen molar-refractivity contribution >= 4 is 17.3 Å². The minimum atomic E-state index is -0.808. The van der Waals surface area contributed by atoms with Gasteiger partial charge in [-0.2, -0.15) is 10.5 Å². The van der Waals surface area contributed by atoms with Gasteiger partial charge in [0.05, 0.1) is 22.8 Å². The van der Waals surface area contributed by atoms with Gasteiger partial charge >= 0.3 is 0 Å². The van der Waals surface area contributed by atoms with Crippen LogP contribution in [0, 0.1) is 28.1 Å². The molecule has 1 aromatic rings. The maximum Gasteiger partial charge on any atom is 0.147 e. The number of nitriles is 2. The summed E-state index contributed by atoms with van der Waals surface area (Å²) in [6.07, 6.45) is 1.15. The first kappa shape index (κ1) is 11.8. The van der Waals surface area contributed by atoms with Crippen LogP contribution in [0.1, 0.15) is 12.8 Å². The summed E-state index contributed by atoms with van der Waals surface area (Å²) < 4.78 is 0. The smallest absolute Gasteiger partial charge is 0.147 e. The molecule has 4 heteroatoms. The van der Waals surface area contributed by atoms with E-state index >= 15 is 0 Å². The Labute approximate surface area is 106 Å². The van der Waals surface area contributed by atoms with Gasteiger partial charge in [-0.1, -0.05) is 23.7 Å². The van der Waals surface area contributed by atoms with Crippen LogP contribution >= 0.6 is 11.6 Å². The SMILES string of the molecule is N#CC1(C#N)CCN(c2ccccc2Cl)CC1. The molecule has 0 N–H and O–H groups in total. The van der Waals surface area contributed by atoms with Crippen molar-refractivity contribution in [2.45, 2.75) is 12.8 Å². The minimum absolute atomic E-state index is 0.575. The Bertz CT molecular complexity index is 474. The molecule has 0 aliphatic carbocycles. The van der Waals surface area contributed by atoms with Crippen LogP contribution in [-0.2, 0) is 0 Å². The number of nitrogens with zero attached hydrogens (tertiary/aromatic N) is 3. The highest BCUT2D eigenvalue weighted by molar-refractivity contribution is 6.33. The van der Waals surface area contributed by atoms with E-state index in [4.69, 9.17) is 22.1 Å². The number of hydrogen-bond acceptors (Lipinski definition) is 3. The molecule has 2 rings (SSSR count). The maximum atomic E-state index is 9.04. The normalized spacial score (nSPS) is 18.2. The Hall–Kier alpha value is -1.71. The lowest BCUT2D eigenvalue weighted by Crippen LogP contribution is -2.38. The van der Waals surface area contributed by atoms with Gasteiger partial charge in [0.15, 0.2) is 0 Å². The van der Waals surface area contributed by atoms with Crippen LogP contribution in [0.2, 0.25) is 5.02 Å². The van der Waals surface area contributed by atoms with Gasteiger partial charge in [-0.3, -0.25) is 0 Å². The molecule has 0 aromatic heterocycles. The van der Waals surface area contributed by atoms with Crippen LogP contribution in [0.5, 0.6) is 0 Å². The van der Waals surface area contributed by atoms with Gasteiger partial charge in [0.2, 0.25) is 0 Å².